The minimum Gasteiger partial charge on any atom is -0.497 e. The van der Waals surface area contributed by atoms with Crippen LogP contribution < -0.4 is 4.74 Å². The first-order chi connectivity index (χ1) is 8.61. The van der Waals surface area contributed by atoms with Crippen molar-refractivity contribution in [2.24, 2.45) is 0 Å². The van der Waals surface area contributed by atoms with Gasteiger partial charge in [0.05, 0.1) is 18.6 Å². The molecule has 0 aliphatic heterocycles. The van der Waals surface area contributed by atoms with Crippen molar-refractivity contribution in [1.29, 1.82) is 0 Å². The molecule has 0 aliphatic rings. The quantitative estimate of drug-likeness (QED) is 0.768. The highest BCUT2D eigenvalue weighted by atomic mass is 16.5. The number of aliphatic carboxylic acids is 1. The van der Waals surface area contributed by atoms with Gasteiger partial charge in [0, 0.05) is 5.39 Å². The SMILES string of the molecule is COc1ccc2c(c1)cc1oc2c1[C@H](C)C(=O)O. The molecule has 0 spiro atoms. The van der Waals surface area contributed by atoms with Crippen LogP contribution in [-0.4, -0.2) is 18.2 Å². The van der Waals surface area contributed by atoms with Crippen molar-refractivity contribution < 1.29 is 19.1 Å². The molecule has 2 aromatic carbocycles. The van der Waals surface area contributed by atoms with E-state index in [1.165, 1.54) is 0 Å². The average Bonchev–Trinajstić information content (AvgIpc) is 2.36. The summed E-state index contributed by atoms with van der Waals surface area (Å²) in [5.74, 6) is -0.607. The fraction of sp³-hybridized carbons (Fsp3) is 0.214. The van der Waals surface area contributed by atoms with Crippen LogP contribution in [0.2, 0.25) is 0 Å². The van der Waals surface area contributed by atoms with Crippen molar-refractivity contribution in [2.45, 2.75) is 12.8 Å². The second-order valence-corrected chi connectivity index (χ2v) is 4.37. The molecule has 0 fully saturated rings. The molecule has 1 N–H and O–H groups in total. The van der Waals surface area contributed by atoms with Crippen LogP contribution in [0.3, 0.4) is 0 Å². The third kappa shape index (κ3) is 1.35. The lowest BCUT2D eigenvalue weighted by atomic mass is 9.94. The number of ether oxygens (including phenoxy) is 1. The van der Waals surface area contributed by atoms with Crippen LogP contribution >= 0.6 is 0 Å². The van der Waals surface area contributed by atoms with Gasteiger partial charge in [-0.05, 0) is 36.6 Å². The zero-order valence-corrected chi connectivity index (χ0v) is 10.1. The Morgan fingerprint density at radius 1 is 1.39 bits per heavy atom. The molecule has 0 saturated carbocycles. The van der Waals surface area contributed by atoms with Crippen molar-refractivity contribution in [1.82, 2.24) is 0 Å². The first-order valence-electron chi connectivity index (χ1n) is 5.67. The molecular weight excluding hydrogens is 232 g/mol. The lowest BCUT2D eigenvalue weighted by Gasteiger charge is -2.18. The molecule has 2 heterocycles. The summed E-state index contributed by atoms with van der Waals surface area (Å²) >= 11 is 0. The Kier molecular flexibility index (Phi) is 2.20. The van der Waals surface area contributed by atoms with Gasteiger partial charge in [0.15, 0.2) is 0 Å². The van der Waals surface area contributed by atoms with E-state index in [4.69, 9.17) is 14.3 Å². The molecule has 18 heavy (non-hydrogen) atoms. The summed E-state index contributed by atoms with van der Waals surface area (Å²) in [4.78, 5) is 11.0. The Balaban J connectivity index is 2.21. The van der Waals surface area contributed by atoms with Crippen LogP contribution in [0.15, 0.2) is 28.7 Å². The van der Waals surface area contributed by atoms with Gasteiger partial charge in [-0.25, -0.2) is 0 Å². The first-order valence-corrected chi connectivity index (χ1v) is 5.67. The van der Waals surface area contributed by atoms with Gasteiger partial charge in [-0.1, -0.05) is 0 Å². The van der Waals surface area contributed by atoms with Crippen LogP contribution in [0.25, 0.3) is 21.9 Å². The molecule has 2 aromatic heterocycles. The molecular formula is C14H12O4. The van der Waals surface area contributed by atoms with E-state index in [1.807, 2.05) is 24.3 Å². The number of hydrogen-bond donors (Lipinski definition) is 1. The zero-order chi connectivity index (χ0) is 12.9. The lowest BCUT2D eigenvalue weighted by molar-refractivity contribution is -0.138. The fourth-order valence-electron chi connectivity index (χ4n) is 2.26. The third-order valence-electron chi connectivity index (χ3n) is 3.32. The highest BCUT2D eigenvalue weighted by Crippen LogP contribution is 2.40. The summed E-state index contributed by atoms with van der Waals surface area (Å²) in [7, 11) is 1.62. The van der Waals surface area contributed by atoms with Gasteiger partial charge in [0.2, 0.25) is 0 Å². The van der Waals surface area contributed by atoms with Crippen molar-refractivity contribution in [3.8, 4) is 5.75 Å². The molecule has 2 bridgehead atoms. The van der Waals surface area contributed by atoms with Gasteiger partial charge >= 0.3 is 5.97 Å². The van der Waals surface area contributed by atoms with Gasteiger partial charge in [0.25, 0.3) is 0 Å². The Morgan fingerprint density at radius 2 is 2.17 bits per heavy atom. The smallest absolute Gasteiger partial charge is 0.310 e. The summed E-state index contributed by atoms with van der Waals surface area (Å²) in [6.45, 7) is 1.67. The van der Waals surface area contributed by atoms with Gasteiger partial charge in [-0.15, -0.1) is 0 Å². The Labute approximate surface area is 103 Å². The van der Waals surface area contributed by atoms with E-state index >= 15 is 0 Å². The average molecular weight is 244 g/mol. The molecule has 4 heteroatoms. The number of hydrogen-bond acceptors (Lipinski definition) is 3. The summed E-state index contributed by atoms with van der Waals surface area (Å²) in [6, 6.07) is 7.51. The molecule has 0 amide bonds. The lowest BCUT2D eigenvalue weighted by Crippen LogP contribution is -2.10. The zero-order valence-electron chi connectivity index (χ0n) is 10.1. The second kappa shape index (κ2) is 3.63. The second-order valence-electron chi connectivity index (χ2n) is 4.37. The number of carboxylic acid groups (broad SMARTS) is 1. The molecule has 4 aromatic rings. The molecule has 0 unspecified atom stereocenters. The van der Waals surface area contributed by atoms with Crippen LogP contribution in [0, 0.1) is 0 Å². The third-order valence-corrected chi connectivity index (χ3v) is 3.32. The Bertz CT molecular complexity index is 726. The first kappa shape index (κ1) is 10.9. The van der Waals surface area contributed by atoms with Gasteiger partial charge < -0.3 is 14.3 Å². The predicted molar refractivity (Wildman–Crippen MR) is 67.5 cm³/mol. The summed E-state index contributed by atoms with van der Waals surface area (Å²) < 4.78 is 10.7. The summed E-state index contributed by atoms with van der Waals surface area (Å²) in [5.41, 5.74) is 2.11. The predicted octanol–water partition coefficient (Wildman–Crippen LogP) is 3.22. The maximum absolute atomic E-state index is 11.0. The molecule has 4 rings (SSSR count). The molecule has 4 nitrogen and oxygen atoms in total. The highest BCUT2D eigenvalue weighted by molar-refractivity contribution is 6.06. The van der Waals surface area contributed by atoms with Gasteiger partial charge in [-0.2, -0.15) is 0 Å². The number of rotatable bonds is 3. The van der Waals surface area contributed by atoms with E-state index in [9.17, 15) is 4.79 Å². The number of benzene rings is 2. The number of methoxy groups -OCH3 is 1. The molecule has 0 aliphatic carbocycles. The van der Waals surface area contributed by atoms with Crippen LogP contribution in [-0.2, 0) is 4.79 Å². The molecule has 0 radical (unpaired) electrons. The number of carbonyl (C=O) groups is 1. The topological polar surface area (TPSA) is 59.7 Å². The van der Waals surface area contributed by atoms with E-state index in [2.05, 4.69) is 0 Å². The van der Waals surface area contributed by atoms with Crippen molar-refractivity contribution in [3.63, 3.8) is 0 Å². The maximum Gasteiger partial charge on any atom is 0.310 e. The van der Waals surface area contributed by atoms with E-state index in [-0.39, 0.29) is 0 Å². The monoisotopic (exact) mass is 244 g/mol. The van der Waals surface area contributed by atoms with E-state index in [1.54, 1.807) is 14.0 Å². The van der Waals surface area contributed by atoms with Gasteiger partial charge in [-0.3, -0.25) is 4.79 Å². The summed E-state index contributed by atoms with van der Waals surface area (Å²) in [5, 5.41) is 11.0. The largest absolute Gasteiger partial charge is 0.497 e. The fourth-order valence-corrected chi connectivity index (χ4v) is 2.26. The van der Waals surface area contributed by atoms with Crippen LogP contribution in [0.4, 0.5) is 0 Å². The van der Waals surface area contributed by atoms with E-state index < -0.39 is 11.9 Å². The molecule has 1 atom stereocenters. The maximum atomic E-state index is 11.0. The van der Waals surface area contributed by atoms with Crippen molar-refractivity contribution >= 4 is 27.9 Å². The number of carboxylic acids is 1. The minimum atomic E-state index is -0.839. The van der Waals surface area contributed by atoms with Crippen LogP contribution in [0.5, 0.6) is 5.75 Å². The Morgan fingerprint density at radius 3 is 2.83 bits per heavy atom. The standard InChI is InChI=1S/C14H12O4/c1-7(14(15)16)12-11-6-8-5-9(17-2)3-4-10(8)13(12)18-11/h3-7H,1-2H3,(H,15,16)/t7-/m0/s1. The van der Waals surface area contributed by atoms with E-state index in [0.717, 1.165) is 22.1 Å². The molecule has 92 valence electrons. The molecule has 0 saturated heterocycles. The summed E-state index contributed by atoms with van der Waals surface area (Å²) in [6.07, 6.45) is 0. The minimum absolute atomic E-state index is 0.546. The van der Waals surface area contributed by atoms with Crippen molar-refractivity contribution in [2.75, 3.05) is 7.11 Å². The highest BCUT2D eigenvalue weighted by Gasteiger charge is 2.26. The van der Waals surface area contributed by atoms with Crippen molar-refractivity contribution in [3.05, 3.63) is 29.8 Å². The van der Waals surface area contributed by atoms with E-state index in [0.29, 0.717) is 11.2 Å². The normalized spacial score (nSPS) is 13.2. The Hall–Kier alpha value is -2.23. The van der Waals surface area contributed by atoms with Gasteiger partial charge in [0.1, 0.15) is 16.9 Å². The van der Waals surface area contributed by atoms with Crippen LogP contribution in [0.1, 0.15) is 18.4 Å².